The van der Waals surface area contributed by atoms with Gasteiger partial charge in [0.15, 0.2) is 5.11 Å². The standard InChI is InChI=1S/C12H13Cl3IN3OS/c1-2-9(20)18-10(12(13,14)15)19-11(21)17-8-6-4-3-5-7(8)16/h3-6,10H,2H2,1H3,(H,18,20)(H2,17,19,21). The number of rotatable bonds is 4. The summed E-state index contributed by atoms with van der Waals surface area (Å²) >= 11 is 24.9. The second-order valence-electron chi connectivity index (χ2n) is 3.97. The summed E-state index contributed by atoms with van der Waals surface area (Å²) in [5.41, 5.74) is 0.820. The summed E-state index contributed by atoms with van der Waals surface area (Å²) in [6.07, 6.45) is -0.660. The molecule has 0 saturated carbocycles. The van der Waals surface area contributed by atoms with Gasteiger partial charge in [-0.2, -0.15) is 0 Å². The molecule has 0 heterocycles. The van der Waals surface area contributed by atoms with Crippen molar-refractivity contribution in [2.24, 2.45) is 0 Å². The molecule has 0 aromatic heterocycles. The van der Waals surface area contributed by atoms with Crippen LogP contribution in [0.2, 0.25) is 0 Å². The molecular weight excluding hydrogens is 467 g/mol. The number of carbonyl (C=O) groups is 1. The molecule has 21 heavy (non-hydrogen) atoms. The van der Waals surface area contributed by atoms with Crippen LogP contribution in [0.15, 0.2) is 24.3 Å². The smallest absolute Gasteiger partial charge is 0.228 e. The van der Waals surface area contributed by atoms with E-state index in [1.165, 1.54) is 0 Å². The molecule has 4 nitrogen and oxygen atoms in total. The highest BCUT2D eigenvalue weighted by Gasteiger charge is 2.34. The zero-order valence-electron chi connectivity index (χ0n) is 10.9. The summed E-state index contributed by atoms with van der Waals surface area (Å²) in [6.45, 7) is 1.70. The maximum Gasteiger partial charge on any atom is 0.228 e. The number of hydrogen-bond acceptors (Lipinski definition) is 2. The molecular formula is C12H13Cl3IN3OS. The third kappa shape index (κ3) is 6.73. The molecule has 3 N–H and O–H groups in total. The first-order valence-electron chi connectivity index (χ1n) is 5.92. The van der Waals surface area contributed by atoms with E-state index in [1.807, 2.05) is 24.3 Å². The van der Waals surface area contributed by atoms with Crippen molar-refractivity contribution in [1.29, 1.82) is 0 Å². The molecule has 0 spiro atoms. The van der Waals surface area contributed by atoms with Crippen molar-refractivity contribution in [2.75, 3.05) is 5.32 Å². The highest BCUT2D eigenvalue weighted by molar-refractivity contribution is 14.1. The summed E-state index contributed by atoms with van der Waals surface area (Å²) in [6, 6.07) is 7.58. The fraction of sp³-hybridized carbons (Fsp3) is 0.333. The summed E-state index contributed by atoms with van der Waals surface area (Å²) in [5.74, 6) is -0.254. The van der Waals surface area contributed by atoms with Crippen LogP contribution in [0, 0.1) is 3.57 Å². The van der Waals surface area contributed by atoms with Gasteiger partial charge in [0.1, 0.15) is 6.17 Å². The highest BCUT2D eigenvalue weighted by atomic mass is 127. The average Bonchev–Trinajstić information content (AvgIpc) is 2.39. The maximum absolute atomic E-state index is 11.5. The Morgan fingerprint density at radius 1 is 1.33 bits per heavy atom. The van der Waals surface area contributed by atoms with Crippen LogP contribution in [0.5, 0.6) is 0 Å². The summed E-state index contributed by atoms with van der Waals surface area (Å²) < 4.78 is -0.747. The number of nitrogens with one attached hydrogen (secondary N) is 3. The van der Waals surface area contributed by atoms with Crippen LogP contribution >= 0.6 is 69.6 Å². The molecule has 0 aliphatic carbocycles. The molecule has 1 amide bonds. The van der Waals surface area contributed by atoms with E-state index in [1.54, 1.807) is 6.92 Å². The molecule has 116 valence electrons. The first-order chi connectivity index (χ1) is 9.74. The average molecular weight is 481 g/mol. The van der Waals surface area contributed by atoms with E-state index in [-0.39, 0.29) is 17.4 Å². The molecule has 0 saturated heterocycles. The predicted octanol–water partition coefficient (Wildman–Crippen LogP) is 3.80. The van der Waals surface area contributed by atoms with Gasteiger partial charge in [0, 0.05) is 9.99 Å². The second kappa shape index (κ2) is 8.57. The molecule has 1 unspecified atom stereocenters. The molecule has 9 heteroatoms. The van der Waals surface area contributed by atoms with Gasteiger partial charge in [-0.15, -0.1) is 0 Å². The Hall–Kier alpha value is -0.0200. The number of carbonyl (C=O) groups excluding carboxylic acids is 1. The van der Waals surface area contributed by atoms with Crippen molar-refractivity contribution in [1.82, 2.24) is 10.6 Å². The lowest BCUT2D eigenvalue weighted by atomic mass is 10.3. The van der Waals surface area contributed by atoms with E-state index in [4.69, 9.17) is 47.0 Å². The van der Waals surface area contributed by atoms with Crippen molar-refractivity contribution >= 4 is 86.3 Å². The molecule has 0 radical (unpaired) electrons. The molecule has 0 aliphatic rings. The van der Waals surface area contributed by atoms with Crippen molar-refractivity contribution in [3.05, 3.63) is 27.8 Å². The fourth-order valence-corrected chi connectivity index (χ4v) is 2.39. The van der Waals surface area contributed by atoms with Gasteiger partial charge in [-0.1, -0.05) is 53.9 Å². The van der Waals surface area contributed by atoms with Crippen LogP contribution in [0.1, 0.15) is 13.3 Å². The third-order valence-corrected chi connectivity index (χ3v) is 4.17. The van der Waals surface area contributed by atoms with E-state index in [9.17, 15) is 4.79 Å². The fourth-order valence-electron chi connectivity index (χ4n) is 1.31. The minimum atomic E-state index is -1.74. The lowest BCUT2D eigenvalue weighted by Crippen LogP contribution is -2.56. The van der Waals surface area contributed by atoms with Crippen LogP contribution < -0.4 is 16.0 Å². The zero-order valence-corrected chi connectivity index (χ0v) is 16.2. The normalized spacial score (nSPS) is 12.4. The Bertz CT molecular complexity index is 525. The van der Waals surface area contributed by atoms with Gasteiger partial charge in [-0.3, -0.25) is 4.79 Å². The highest BCUT2D eigenvalue weighted by Crippen LogP contribution is 2.29. The molecule has 1 aromatic rings. The van der Waals surface area contributed by atoms with Crippen molar-refractivity contribution in [3.63, 3.8) is 0 Å². The van der Waals surface area contributed by atoms with Gasteiger partial charge in [-0.25, -0.2) is 0 Å². The Morgan fingerprint density at radius 3 is 2.48 bits per heavy atom. The Kier molecular flexibility index (Phi) is 7.77. The van der Waals surface area contributed by atoms with Crippen LogP contribution in [0.4, 0.5) is 5.69 Å². The van der Waals surface area contributed by atoms with Crippen molar-refractivity contribution < 1.29 is 4.79 Å². The van der Waals surface area contributed by atoms with E-state index in [0.29, 0.717) is 0 Å². The molecule has 0 aliphatic heterocycles. The van der Waals surface area contributed by atoms with Gasteiger partial charge in [0.25, 0.3) is 0 Å². The lowest BCUT2D eigenvalue weighted by Gasteiger charge is -2.27. The molecule has 0 bridgehead atoms. The van der Waals surface area contributed by atoms with Crippen LogP contribution in [-0.2, 0) is 4.79 Å². The number of benzene rings is 1. The minimum absolute atomic E-state index is 0.242. The summed E-state index contributed by atoms with van der Waals surface area (Å²) in [7, 11) is 0. The van der Waals surface area contributed by atoms with E-state index in [2.05, 4.69) is 38.5 Å². The monoisotopic (exact) mass is 479 g/mol. The minimum Gasteiger partial charge on any atom is -0.339 e. The van der Waals surface area contributed by atoms with E-state index < -0.39 is 9.96 Å². The SMILES string of the molecule is CCC(=O)NC(NC(=S)Nc1ccccc1I)C(Cl)(Cl)Cl. The van der Waals surface area contributed by atoms with Gasteiger partial charge < -0.3 is 16.0 Å². The van der Waals surface area contributed by atoms with Gasteiger partial charge in [0.05, 0.1) is 5.69 Å². The Labute approximate surface area is 157 Å². The number of alkyl halides is 3. The first kappa shape index (κ1) is 19.0. The Balaban J connectivity index is 2.73. The van der Waals surface area contributed by atoms with Crippen LogP contribution in [0.25, 0.3) is 0 Å². The van der Waals surface area contributed by atoms with Gasteiger partial charge in [-0.05, 0) is 46.9 Å². The van der Waals surface area contributed by atoms with E-state index >= 15 is 0 Å². The molecule has 1 atom stereocenters. The van der Waals surface area contributed by atoms with Crippen LogP contribution in [0.3, 0.4) is 0 Å². The number of hydrogen-bond donors (Lipinski definition) is 3. The third-order valence-electron chi connectivity index (χ3n) is 2.35. The van der Waals surface area contributed by atoms with E-state index in [0.717, 1.165) is 9.26 Å². The van der Waals surface area contributed by atoms with Gasteiger partial charge >= 0.3 is 0 Å². The first-order valence-corrected chi connectivity index (χ1v) is 8.54. The number of thiocarbonyl (C=S) groups is 1. The van der Waals surface area contributed by atoms with Crippen molar-refractivity contribution in [2.45, 2.75) is 23.3 Å². The predicted molar refractivity (Wildman–Crippen MR) is 101 cm³/mol. The molecule has 0 fully saturated rings. The topological polar surface area (TPSA) is 53.2 Å². The quantitative estimate of drug-likeness (QED) is 0.266. The number of amides is 1. The number of para-hydroxylation sites is 1. The molecule has 1 rings (SSSR count). The zero-order chi connectivity index (χ0) is 16.0. The lowest BCUT2D eigenvalue weighted by molar-refractivity contribution is -0.121. The number of anilines is 1. The van der Waals surface area contributed by atoms with Gasteiger partial charge in [0.2, 0.25) is 9.70 Å². The summed E-state index contributed by atoms with van der Waals surface area (Å²) in [4.78, 5) is 11.5. The Morgan fingerprint density at radius 2 is 1.95 bits per heavy atom. The maximum atomic E-state index is 11.5. The molecule has 1 aromatic carbocycles. The van der Waals surface area contributed by atoms with Crippen LogP contribution in [-0.4, -0.2) is 21.0 Å². The van der Waals surface area contributed by atoms with Crippen molar-refractivity contribution in [3.8, 4) is 0 Å². The summed E-state index contributed by atoms with van der Waals surface area (Å²) in [5, 5.41) is 8.58. The second-order valence-corrected chi connectivity index (χ2v) is 7.91. The number of halogens is 4. The largest absolute Gasteiger partial charge is 0.339 e.